The number of hydrogen-bond donors (Lipinski definition) is 2. The van der Waals surface area contributed by atoms with Crippen molar-refractivity contribution in [2.45, 2.75) is 6.42 Å². The smallest absolute Gasteiger partial charge is 0.209 e. The summed E-state index contributed by atoms with van der Waals surface area (Å²) in [4.78, 5) is 0. The first-order valence-corrected chi connectivity index (χ1v) is 6.96. The summed E-state index contributed by atoms with van der Waals surface area (Å²) in [5.41, 5.74) is 1.14. The second-order valence-electron chi connectivity index (χ2n) is 3.45. The van der Waals surface area contributed by atoms with E-state index in [-0.39, 0.29) is 5.75 Å². The number of anilines is 1. The molecule has 17 heavy (non-hydrogen) atoms. The SMILES string of the molecule is N#Cc1ccc(NCCCS(N)(=O)=O)c(Cl)c1. The van der Waals surface area contributed by atoms with E-state index in [1.165, 1.54) is 0 Å². The Morgan fingerprint density at radius 2 is 2.18 bits per heavy atom. The summed E-state index contributed by atoms with van der Waals surface area (Å²) < 4.78 is 21.4. The van der Waals surface area contributed by atoms with Crippen LogP contribution < -0.4 is 10.5 Å². The fourth-order valence-corrected chi connectivity index (χ4v) is 2.02. The van der Waals surface area contributed by atoms with Crippen LogP contribution in [0.25, 0.3) is 0 Å². The maximum Gasteiger partial charge on any atom is 0.209 e. The molecule has 0 aliphatic heterocycles. The van der Waals surface area contributed by atoms with Crippen molar-refractivity contribution in [1.82, 2.24) is 0 Å². The third-order valence-electron chi connectivity index (χ3n) is 2.02. The first kappa shape index (κ1) is 13.8. The largest absolute Gasteiger partial charge is 0.384 e. The average molecular weight is 274 g/mol. The highest BCUT2D eigenvalue weighted by molar-refractivity contribution is 7.89. The molecular formula is C10H12ClN3O2S. The zero-order valence-electron chi connectivity index (χ0n) is 8.98. The number of nitrogens with zero attached hydrogens (tertiary/aromatic N) is 1. The Kier molecular flexibility index (Phi) is 4.75. The van der Waals surface area contributed by atoms with E-state index >= 15 is 0 Å². The van der Waals surface area contributed by atoms with Crippen molar-refractivity contribution >= 4 is 27.3 Å². The highest BCUT2D eigenvalue weighted by atomic mass is 35.5. The lowest BCUT2D eigenvalue weighted by atomic mass is 10.2. The number of nitrogens with two attached hydrogens (primary N) is 1. The van der Waals surface area contributed by atoms with Gasteiger partial charge in [-0.2, -0.15) is 5.26 Å². The van der Waals surface area contributed by atoms with Gasteiger partial charge in [0.15, 0.2) is 0 Å². The number of sulfonamides is 1. The van der Waals surface area contributed by atoms with Gasteiger partial charge in [0.1, 0.15) is 0 Å². The molecule has 0 atom stereocenters. The Bertz CT molecular complexity index is 537. The second-order valence-corrected chi connectivity index (χ2v) is 5.59. The first-order chi connectivity index (χ1) is 7.92. The first-order valence-electron chi connectivity index (χ1n) is 4.86. The van der Waals surface area contributed by atoms with Gasteiger partial charge < -0.3 is 5.32 Å². The molecule has 0 aromatic heterocycles. The van der Waals surface area contributed by atoms with Crippen LogP contribution in [0.2, 0.25) is 5.02 Å². The molecule has 0 aliphatic rings. The van der Waals surface area contributed by atoms with Gasteiger partial charge in [-0.3, -0.25) is 0 Å². The predicted molar refractivity (Wildman–Crippen MR) is 67.2 cm³/mol. The van der Waals surface area contributed by atoms with Gasteiger partial charge in [0, 0.05) is 6.54 Å². The molecule has 0 spiro atoms. The van der Waals surface area contributed by atoms with Gasteiger partial charge in [-0.05, 0) is 24.6 Å². The number of benzene rings is 1. The number of nitriles is 1. The highest BCUT2D eigenvalue weighted by Gasteiger charge is 2.03. The van der Waals surface area contributed by atoms with E-state index in [9.17, 15) is 8.42 Å². The second kappa shape index (κ2) is 5.87. The van der Waals surface area contributed by atoms with Crippen molar-refractivity contribution in [3.63, 3.8) is 0 Å². The van der Waals surface area contributed by atoms with Crippen molar-refractivity contribution in [1.29, 1.82) is 5.26 Å². The van der Waals surface area contributed by atoms with E-state index in [2.05, 4.69) is 5.32 Å². The van der Waals surface area contributed by atoms with E-state index in [0.29, 0.717) is 29.2 Å². The van der Waals surface area contributed by atoms with Crippen LogP contribution in [0.5, 0.6) is 0 Å². The minimum absolute atomic E-state index is 0.0755. The molecule has 0 aliphatic carbocycles. The zero-order valence-corrected chi connectivity index (χ0v) is 10.6. The molecule has 0 unspecified atom stereocenters. The van der Waals surface area contributed by atoms with E-state index in [4.69, 9.17) is 22.0 Å². The van der Waals surface area contributed by atoms with Crippen LogP contribution >= 0.6 is 11.6 Å². The summed E-state index contributed by atoms with van der Waals surface area (Å²) in [6.45, 7) is 0.446. The molecule has 1 aromatic carbocycles. The Balaban J connectivity index is 2.51. The fourth-order valence-electron chi connectivity index (χ4n) is 1.22. The molecule has 0 heterocycles. The molecule has 0 fully saturated rings. The predicted octanol–water partition coefficient (Wildman–Crippen LogP) is 1.30. The Labute approximate surface area is 105 Å². The van der Waals surface area contributed by atoms with Crippen molar-refractivity contribution in [2.24, 2.45) is 5.14 Å². The number of primary sulfonamides is 1. The highest BCUT2D eigenvalue weighted by Crippen LogP contribution is 2.22. The van der Waals surface area contributed by atoms with E-state index in [0.717, 1.165) is 0 Å². The van der Waals surface area contributed by atoms with Crippen LogP contribution in [0.4, 0.5) is 5.69 Å². The van der Waals surface area contributed by atoms with E-state index in [1.807, 2.05) is 6.07 Å². The zero-order chi connectivity index (χ0) is 12.9. The number of rotatable bonds is 5. The summed E-state index contributed by atoms with van der Waals surface area (Å²) in [5, 5.41) is 16.9. The minimum Gasteiger partial charge on any atom is -0.384 e. The molecular weight excluding hydrogens is 262 g/mol. The quantitative estimate of drug-likeness (QED) is 0.791. The third-order valence-corrected chi connectivity index (χ3v) is 3.19. The standard InChI is InChI=1S/C10H12ClN3O2S/c11-9-6-8(7-12)2-3-10(9)14-4-1-5-17(13,15)16/h2-3,6,14H,1,4-5H2,(H2,13,15,16). The van der Waals surface area contributed by atoms with Gasteiger partial charge in [0.05, 0.1) is 28.1 Å². The lowest BCUT2D eigenvalue weighted by Crippen LogP contribution is -2.18. The van der Waals surface area contributed by atoms with E-state index in [1.54, 1.807) is 18.2 Å². The van der Waals surface area contributed by atoms with Gasteiger partial charge in [-0.15, -0.1) is 0 Å². The molecule has 0 bridgehead atoms. The maximum absolute atomic E-state index is 10.7. The number of nitrogens with one attached hydrogen (secondary N) is 1. The van der Waals surface area contributed by atoms with Gasteiger partial charge in [-0.1, -0.05) is 11.6 Å². The van der Waals surface area contributed by atoms with Crippen LogP contribution in [-0.2, 0) is 10.0 Å². The van der Waals surface area contributed by atoms with Crippen molar-refractivity contribution in [2.75, 3.05) is 17.6 Å². The lowest BCUT2D eigenvalue weighted by Gasteiger charge is -2.07. The van der Waals surface area contributed by atoms with Gasteiger partial charge in [-0.25, -0.2) is 13.6 Å². The van der Waals surface area contributed by atoms with Crippen molar-refractivity contribution in [3.8, 4) is 6.07 Å². The summed E-state index contributed by atoms with van der Waals surface area (Å²) >= 11 is 5.92. The Morgan fingerprint density at radius 3 is 2.71 bits per heavy atom. The summed E-state index contributed by atoms with van der Waals surface area (Å²) in [6, 6.07) is 6.83. The molecule has 1 aromatic rings. The fraction of sp³-hybridized carbons (Fsp3) is 0.300. The van der Waals surface area contributed by atoms with E-state index < -0.39 is 10.0 Å². The Morgan fingerprint density at radius 1 is 1.47 bits per heavy atom. The third kappa shape index (κ3) is 5.04. The summed E-state index contributed by atoms with van der Waals surface area (Å²) in [7, 11) is -3.42. The molecule has 0 amide bonds. The molecule has 0 radical (unpaired) electrons. The topological polar surface area (TPSA) is 96.0 Å². The molecule has 0 saturated carbocycles. The molecule has 92 valence electrons. The van der Waals surface area contributed by atoms with Gasteiger partial charge in [0.25, 0.3) is 0 Å². The molecule has 0 saturated heterocycles. The van der Waals surface area contributed by atoms with Crippen LogP contribution in [0.3, 0.4) is 0 Å². The molecule has 3 N–H and O–H groups in total. The minimum atomic E-state index is -3.42. The van der Waals surface area contributed by atoms with Crippen LogP contribution in [0.15, 0.2) is 18.2 Å². The van der Waals surface area contributed by atoms with Crippen LogP contribution in [0.1, 0.15) is 12.0 Å². The average Bonchev–Trinajstić information content (AvgIpc) is 2.24. The number of halogens is 1. The molecule has 5 nitrogen and oxygen atoms in total. The van der Waals surface area contributed by atoms with Crippen LogP contribution in [0, 0.1) is 11.3 Å². The summed E-state index contributed by atoms with van der Waals surface area (Å²) in [5.74, 6) is -0.0755. The number of hydrogen-bond acceptors (Lipinski definition) is 4. The molecule has 1 rings (SSSR count). The summed E-state index contributed by atoms with van der Waals surface area (Å²) in [6.07, 6.45) is 0.398. The monoisotopic (exact) mass is 273 g/mol. The molecule has 7 heteroatoms. The normalized spacial score (nSPS) is 10.9. The van der Waals surface area contributed by atoms with Crippen molar-refractivity contribution in [3.05, 3.63) is 28.8 Å². The van der Waals surface area contributed by atoms with Gasteiger partial charge in [0.2, 0.25) is 10.0 Å². The van der Waals surface area contributed by atoms with Gasteiger partial charge >= 0.3 is 0 Å². The lowest BCUT2D eigenvalue weighted by molar-refractivity contribution is 0.596. The van der Waals surface area contributed by atoms with Crippen molar-refractivity contribution < 1.29 is 8.42 Å². The Hall–Kier alpha value is -1.29. The van der Waals surface area contributed by atoms with Crippen LogP contribution in [-0.4, -0.2) is 20.7 Å². The maximum atomic E-state index is 10.7.